The van der Waals surface area contributed by atoms with Crippen molar-refractivity contribution in [2.24, 2.45) is 17.8 Å². The largest absolute Gasteiger partial charge is 0.487 e. The van der Waals surface area contributed by atoms with Crippen LogP contribution < -0.4 is 4.74 Å². The normalized spacial score (nSPS) is 23.4. The van der Waals surface area contributed by atoms with Crippen LogP contribution in [0.2, 0.25) is 0 Å². The van der Waals surface area contributed by atoms with E-state index in [2.05, 4.69) is 25.7 Å². The van der Waals surface area contributed by atoms with Crippen LogP contribution >= 0.6 is 0 Å². The quantitative estimate of drug-likeness (QED) is 0.619. The van der Waals surface area contributed by atoms with Crippen molar-refractivity contribution in [1.82, 2.24) is 9.21 Å². The van der Waals surface area contributed by atoms with E-state index in [0.29, 0.717) is 18.0 Å². The number of hydrogen-bond donors (Lipinski definition) is 1. The topological polar surface area (TPSA) is 87.2 Å². The van der Waals surface area contributed by atoms with Crippen LogP contribution in [0.5, 0.6) is 5.75 Å². The van der Waals surface area contributed by atoms with E-state index in [1.165, 1.54) is 10.4 Å². The number of benzene rings is 1. The summed E-state index contributed by atoms with van der Waals surface area (Å²) in [6, 6.07) is 4.33. The first-order chi connectivity index (χ1) is 16.0. The molecular weight excluding hydrogens is 452 g/mol. The SMILES string of the molecule is CC(C)CC#Cc1ccc2c(c1)O[C@@H](CN(C)C(=O)C1CCC1)[C@H](C)CN([C@@H](C)CO)S2(=O)=O. The fraction of sp³-hybridized carbons (Fsp3) is 0.654. The van der Waals surface area contributed by atoms with Gasteiger partial charge in [0.1, 0.15) is 16.7 Å². The number of carbonyl (C=O) groups excluding carboxylic acids is 1. The molecule has 1 aliphatic carbocycles. The number of aliphatic hydroxyl groups excluding tert-OH is 1. The Morgan fingerprint density at radius 3 is 2.59 bits per heavy atom. The summed E-state index contributed by atoms with van der Waals surface area (Å²) in [5.41, 5.74) is 0.683. The first-order valence-corrected chi connectivity index (χ1v) is 13.7. The Labute approximate surface area is 204 Å². The van der Waals surface area contributed by atoms with Gasteiger partial charge in [0.15, 0.2) is 0 Å². The van der Waals surface area contributed by atoms with Gasteiger partial charge in [-0.3, -0.25) is 4.79 Å². The molecule has 1 aromatic carbocycles. The van der Waals surface area contributed by atoms with Crippen LogP contribution in [0.1, 0.15) is 58.9 Å². The number of hydrogen-bond acceptors (Lipinski definition) is 5. The van der Waals surface area contributed by atoms with Crippen molar-refractivity contribution in [2.75, 3.05) is 26.7 Å². The third-order valence-electron chi connectivity index (χ3n) is 6.69. The number of rotatable bonds is 6. The summed E-state index contributed by atoms with van der Waals surface area (Å²) in [6.45, 7) is 8.07. The zero-order chi connectivity index (χ0) is 25.0. The van der Waals surface area contributed by atoms with E-state index in [1.807, 2.05) is 6.92 Å². The first kappa shape index (κ1) is 26.5. The Balaban J connectivity index is 1.98. The van der Waals surface area contributed by atoms with Gasteiger partial charge in [0, 0.05) is 43.5 Å². The lowest BCUT2D eigenvalue weighted by molar-refractivity contribution is -0.138. The summed E-state index contributed by atoms with van der Waals surface area (Å²) in [5.74, 6) is 6.92. The molecule has 3 rings (SSSR count). The molecule has 1 heterocycles. The highest BCUT2D eigenvalue weighted by atomic mass is 32.2. The highest BCUT2D eigenvalue weighted by Crippen LogP contribution is 2.34. The van der Waals surface area contributed by atoms with Crippen molar-refractivity contribution in [2.45, 2.75) is 70.4 Å². The van der Waals surface area contributed by atoms with Crippen molar-refractivity contribution < 1.29 is 23.1 Å². The van der Waals surface area contributed by atoms with Crippen LogP contribution in [0.4, 0.5) is 0 Å². The van der Waals surface area contributed by atoms with Gasteiger partial charge in [-0.25, -0.2) is 8.42 Å². The Hall–Kier alpha value is -2.08. The molecule has 1 amide bonds. The first-order valence-electron chi connectivity index (χ1n) is 12.2. The number of carbonyl (C=O) groups is 1. The third-order valence-corrected chi connectivity index (χ3v) is 8.71. The number of nitrogens with zero attached hydrogens (tertiary/aromatic N) is 2. The van der Waals surface area contributed by atoms with E-state index in [-0.39, 0.29) is 41.5 Å². The van der Waals surface area contributed by atoms with E-state index in [0.717, 1.165) is 25.7 Å². The van der Waals surface area contributed by atoms with Crippen molar-refractivity contribution in [3.8, 4) is 17.6 Å². The minimum atomic E-state index is -3.89. The predicted octanol–water partition coefficient (Wildman–Crippen LogP) is 3.11. The number of amides is 1. The highest BCUT2D eigenvalue weighted by molar-refractivity contribution is 7.89. The van der Waals surface area contributed by atoms with Gasteiger partial charge in [0.25, 0.3) is 0 Å². The highest BCUT2D eigenvalue weighted by Gasteiger charge is 2.39. The lowest BCUT2D eigenvalue weighted by Crippen LogP contribution is -2.50. The lowest BCUT2D eigenvalue weighted by atomic mass is 9.84. The molecule has 0 aromatic heterocycles. The average Bonchev–Trinajstić information content (AvgIpc) is 2.74. The van der Waals surface area contributed by atoms with Crippen LogP contribution in [0.3, 0.4) is 0 Å². The molecular formula is C26H38N2O5S. The second-order valence-corrected chi connectivity index (χ2v) is 12.0. The zero-order valence-corrected chi connectivity index (χ0v) is 21.8. The lowest BCUT2D eigenvalue weighted by Gasteiger charge is -2.38. The molecule has 1 saturated carbocycles. The van der Waals surface area contributed by atoms with Crippen molar-refractivity contribution >= 4 is 15.9 Å². The summed E-state index contributed by atoms with van der Waals surface area (Å²) < 4.78 is 34.8. The molecule has 1 N–H and O–H groups in total. The molecule has 34 heavy (non-hydrogen) atoms. The van der Waals surface area contributed by atoms with E-state index >= 15 is 0 Å². The molecule has 1 aliphatic heterocycles. The van der Waals surface area contributed by atoms with Gasteiger partial charge < -0.3 is 14.7 Å². The molecule has 0 unspecified atom stereocenters. The van der Waals surface area contributed by atoms with Crippen LogP contribution in [-0.2, 0) is 14.8 Å². The molecule has 0 radical (unpaired) electrons. The Morgan fingerprint density at radius 2 is 2.00 bits per heavy atom. The molecule has 0 saturated heterocycles. The van der Waals surface area contributed by atoms with Crippen LogP contribution in [0.25, 0.3) is 0 Å². The monoisotopic (exact) mass is 490 g/mol. The van der Waals surface area contributed by atoms with Crippen molar-refractivity contribution in [1.29, 1.82) is 0 Å². The number of aliphatic hydroxyl groups is 1. The molecule has 7 nitrogen and oxygen atoms in total. The Kier molecular flexibility index (Phi) is 8.66. The number of likely N-dealkylation sites (N-methyl/N-ethyl adjacent to an activating group) is 1. The van der Waals surface area contributed by atoms with Gasteiger partial charge in [0.2, 0.25) is 15.9 Å². The average molecular weight is 491 g/mol. The van der Waals surface area contributed by atoms with Gasteiger partial charge >= 0.3 is 0 Å². The standard InChI is InChI=1S/C26H38N2O5S/c1-18(2)8-6-9-21-12-13-25-23(14-21)33-24(16-27(5)26(30)22-10-7-11-22)19(3)15-28(20(4)17-29)34(25,31)32/h12-14,18-20,22,24,29H,7-8,10-11,15-17H2,1-5H3/t19-,20+,24+/m1/s1. The summed E-state index contributed by atoms with van der Waals surface area (Å²) in [4.78, 5) is 14.5. The molecule has 188 valence electrons. The number of fused-ring (bicyclic) bond motifs is 1. The van der Waals surface area contributed by atoms with Gasteiger partial charge in [0.05, 0.1) is 13.2 Å². The van der Waals surface area contributed by atoms with Gasteiger partial charge in [-0.2, -0.15) is 4.31 Å². The fourth-order valence-electron chi connectivity index (χ4n) is 4.21. The second kappa shape index (κ2) is 11.1. The van der Waals surface area contributed by atoms with E-state index in [9.17, 15) is 18.3 Å². The van der Waals surface area contributed by atoms with E-state index in [1.54, 1.807) is 31.0 Å². The predicted molar refractivity (Wildman–Crippen MR) is 132 cm³/mol. The maximum atomic E-state index is 13.5. The van der Waals surface area contributed by atoms with E-state index < -0.39 is 22.2 Å². The number of sulfonamides is 1. The second-order valence-electron chi connectivity index (χ2n) is 10.1. The molecule has 1 aromatic rings. The van der Waals surface area contributed by atoms with Crippen molar-refractivity contribution in [3.63, 3.8) is 0 Å². The summed E-state index contributed by atoms with van der Waals surface area (Å²) >= 11 is 0. The maximum Gasteiger partial charge on any atom is 0.247 e. The van der Waals surface area contributed by atoms with Crippen LogP contribution in [-0.4, -0.2) is 67.5 Å². The van der Waals surface area contributed by atoms with Gasteiger partial charge in [-0.1, -0.05) is 39.0 Å². The van der Waals surface area contributed by atoms with Crippen LogP contribution in [0, 0.1) is 29.6 Å². The zero-order valence-electron chi connectivity index (χ0n) is 21.0. The smallest absolute Gasteiger partial charge is 0.247 e. The Bertz CT molecular complexity index is 1040. The Morgan fingerprint density at radius 1 is 1.29 bits per heavy atom. The molecule has 1 fully saturated rings. The van der Waals surface area contributed by atoms with Crippen molar-refractivity contribution in [3.05, 3.63) is 23.8 Å². The van der Waals surface area contributed by atoms with Gasteiger partial charge in [-0.05, 0) is 43.9 Å². The fourth-order valence-corrected chi connectivity index (χ4v) is 6.03. The summed E-state index contributed by atoms with van der Waals surface area (Å²) in [7, 11) is -2.11. The van der Waals surface area contributed by atoms with Crippen LogP contribution in [0.15, 0.2) is 23.1 Å². The third kappa shape index (κ3) is 5.94. The van der Waals surface area contributed by atoms with Gasteiger partial charge in [-0.15, -0.1) is 0 Å². The molecule has 2 aliphatic rings. The summed E-state index contributed by atoms with van der Waals surface area (Å²) in [5, 5.41) is 9.77. The number of ether oxygens (including phenoxy) is 1. The molecule has 8 heteroatoms. The molecule has 3 atom stereocenters. The minimum absolute atomic E-state index is 0.0621. The molecule has 0 spiro atoms. The summed E-state index contributed by atoms with van der Waals surface area (Å²) in [6.07, 6.45) is 3.26. The molecule has 0 bridgehead atoms. The van der Waals surface area contributed by atoms with E-state index in [4.69, 9.17) is 4.74 Å². The maximum absolute atomic E-state index is 13.5. The minimum Gasteiger partial charge on any atom is -0.487 e.